The number of hydrogen-bond acceptors (Lipinski definition) is 4. The zero-order valence-electron chi connectivity index (χ0n) is 14.4. The molecule has 0 unspecified atom stereocenters. The van der Waals surface area contributed by atoms with Crippen molar-refractivity contribution in [2.75, 3.05) is 0 Å². The maximum atomic E-state index is 13.9. The SMILES string of the molecule is N#C/C(=C\c1ccc(-c2ccccc2F)o1)c1nc(-c2ccc(F)cc2)cs1. The number of rotatable bonds is 4. The molecule has 0 aliphatic rings. The molecule has 28 heavy (non-hydrogen) atoms. The molecular formula is C22H12F2N2OS. The molecule has 0 bridgehead atoms. The maximum Gasteiger partial charge on any atom is 0.137 e. The van der Waals surface area contributed by atoms with Gasteiger partial charge in [0.05, 0.1) is 16.8 Å². The highest BCUT2D eigenvalue weighted by molar-refractivity contribution is 7.11. The lowest BCUT2D eigenvalue weighted by Gasteiger charge is -1.98. The van der Waals surface area contributed by atoms with Gasteiger partial charge in [-0.15, -0.1) is 11.3 Å². The minimum atomic E-state index is -0.378. The van der Waals surface area contributed by atoms with Gasteiger partial charge in [-0.1, -0.05) is 12.1 Å². The first kappa shape index (κ1) is 17.8. The van der Waals surface area contributed by atoms with Crippen molar-refractivity contribution in [3.63, 3.8) is 0 Å². The van der Waals surface area contributed by atoms with E-state index in [-0.39, 0.29) is 11.6 Å². The molecule has 3 nitrogen and oxygen atoms in total. The molecule has 6 heteroatoms. The summed E-state index contributed by atoms with van der Waals surface area (Å²) in [6, 6.07) is 17.8. The van der Waals surface area contributed by atoms with E-state index in [0.717, 1.165) is 5.56 Å². The highest BCUT2D eigenvalue weighted by Gasteiger charge is 2.12. The summed E-state index contributed by atoms with van der Waals surface area (Å²) >= 11 is 1.31. The van der Waals surface area contributed by atoms with E-state index in [2.05, 4.69) is 11.1 Å². The number of hydrogen-bond donors (Lipinski definition) is 0. The minimum Gasteiger partial charge on any atom is -0.457 e. The normalized spacial score (nSPS) is 11.4. The molecule has 0 aliphatic carbocycles. The van der Waals surface area contributed by atoms with E-state index in [1.807, 2.05) is 0 Å². The summed E-state index contributed by atoms with van der Waals surface area (Å²) in [6.07, 6.45) is 1.57. The van der Waals surface area contributed by atoms with E-state index < -0.39 is 0 Å². The van der Waals surface area contributed by atoms with Crippen molar-refractivity contribution in [2.45, 2.75) is 0 Å². The van der Waals surface area contributed by atoms with Gasteiger partial charge in [0.1, 0.15) is 34.2 Å². The summed E-state index contributed by atoms with van der Waals surface area (Å²) in [5.74, 6) is 0.109. The van der Waals surface area contributed by atoms with Crippen molar-refractivity contribution in [3.05, 3.63) is 88.4 Å². The predicted molar refractivity (Wildman–Crippen MR) is 105 cm³/mol. The van der Waals surface area contributed by atoms with Crippen LogP contribution in [0, 0.1) is 23.0 Å². The number of thiazole rings is 1. The van der Waals surface area contributed by atoms with Gasteiger partial charge in [-0.3, -0.25) is 0 Å². The molecule has 0 saturated carbocycles. The zero-order chi connectivity index (χ0) is 19.5. The average molecular weight is 390 g/mol. The summed E-state index contributed by atoms with van der Waals surface area (Å²) in [4.78, 5) is 4.46. The second-order valence-electron chi connectivity index (χ2n) is 5.90. The molecule has 2 heterocycles. The Bertz CT molecular complexity index is 1200. The van der Waals surface area contributed by atoms with E-state index in [1.54, 1.807) is 53.9 Å². The van der Waals surface area contributed by atoms with Crippen LogP contribution in [0.5, 0.6) is 0 Å². The molecule has 0 radical (unpaired) electrons. The fraction of sp³-hybridized carbons (Fsp3) is 0. The van der Waals surface area contributed by atoms with E-state index >= 15 is 0 Å². The van der Waals surface area contributed by atoms with Gasteiger partial charge in [0.2, 0.25) is 0 Å². The largest absolute Gasteiger partial charge is 0.457 e. The molecule has 0 aliphatic heterocycles. The van der Waals surface area contributed by atoms with Crippen molar-refractivity contribution < 1.29 is 13.2 Å². The Hall–Kier alpha value is -3.56. The fourth-order valence-electron chi connectivity index (χ4n) is 2.67. The molecule has 2 aromatic carbocycles. The first-order valence-corrected chi connectivity index (χ1v) is 9.20. The second kappa shape index (κ2) is 7.59. The van der Waals surface area contributed by atoms with Crippen LogP contribution in [-0.4, -0.2) is 4.98 Å². The highest BCUT2D eigenvalue weighted by atomic mass is 32.1. The lowest BCUT2D eigenvalue weighted by atomic mass is 10.1. The molecule has 2 aromatic heterocycles. The predicted octanol–water partition coefficient (Wildman–Crippen LogP) is 6.41. The number of aromatic nitrogens is 1. The van der Waals surface area contributed by atoms with Crippen LogP contribution in [0.1, 0.15) is 10.8 Å². The molecule has 0 spiro atoms. The molecule has 4 rings (SSSR count). The summed E-state index contributed by atoms with van der Waals surface area (Å²) in [5, 5.41) is 11.8. The van der Waals surface area contributed by atoms with Gasteiger partial charge in [0, 0.05) is 17.0 Å². The maximum absolute atomic E-state index is 13.9. The summed E-state index contributed by atoms with van der Waals surface area (Å²) in [7, 11) is 0. The van der Waals surface area contributed by atoms with E-state index in [1.165, 1.54) is 29.5 Å². The van der Waals surface area contributed by atoms with Crippen LogP contribution >= 0.6 is 11.3 Å². The van der Waals surface area contributed by atoms with Gasteiger partial charge in [0.25, 0.3) is 0 Å². The topological polar surface area (TPSA) is 49.8 Å². The fourth-order valence-corrected chi connectivity index (χ4v) is 3.47. The number of halogens is 2. The number of allylic oxidation sites excluding steroid dienone is 1. The van der Waals surface area contributed by atoms with E-state index in [4.69, 9.17) is 4.42 Å². The molecule has 0 atom stereocenters. The van der Waals surface area contributed by atoms with Crippen molar-refractivity contribution in [1.82, 2.24) is 4.98 Å². The Morgan fingerprint density at radius 1 is 1.04 bits per heavy atom. The number of nitriles is 1. The van der Waals surface area contributed by atoms with Crippen LogP contribution in [0.4, 0.5) is 8.78 Å². The molecular weight excluding hydrogens is 378 g/mol. The molecule has 136 valence electrons. The van der Waals surface area contributed by atoms with Crippen molar-refractivity contribution in [3.8, 4) is 28.7 Å². The van der Waals surface area contributed by atoms with Crippen LogP contribution < -0.4 is 0 Å². The first-order chi connectivity index (χ1) is 13.6. The number of benzene rings is 2. The lowest BCUT2D eigenvalue weighted by Crippen LogP contribution is -1.83. The van der Waals surface area contributed by atoms with Crippen LogP contribution in [0.25, 0.3) is 34.2 Å². The van der Waals surface area contributed by atoms with E-state index in [0.29, 0.717) is 33.4 Å². The number of nitrogens with zero attached hydrogens (tertiary/aromatic N) is 2. The summed E-state index contributed by atoms with van der Waals surface area (Å²) in [5.41, 5.74) is 2.11. The molecule has 0 amide bonds. The average Bonchev–Trinajstić information content (AvgIpc) is 3.37. The molecule has 0 fully saturated rings. The van der Waals surface area contributed by atoms with Gasteiger partial charge in [0.15, 0.2) is 0 Å². The van der Waals surface area contributed by atoms with Gasteiger partial charge in [-0.05, 0) is 48.5 Å². The molecule has 0 saturated heterocycles. The third-order valence-corrected chi connectivity index (χ3v) is 4.92. The van der Waals surface area contributed by atoms with Crippen molar-refractivity contribution in [2.24, 2.45) is 0 Å². The van der Waals surface area contributed by atoms with Gasteiger partial charge >= 0.3 is 0 Å². The Morgan fingerprint density at radius 3 is 2.57 bits per heavy atom. The third kappa shape index (κ3) is 3.61. The molecule has 4 aromatic rings. The Kier molecular flexibility index (Phi) is 4.83. The van der Waals surface area contributed by atoms with Crippen molar-refractivity contribution >= 4 is 23.0 Å². The van der Waals surface area contributed by atoms with Gasteiger partial charge in [-0.2, -0.15) is 5.26 Å². The second-order valence-corrected chi connectivity index (χ2v) is 6.75. The first-order valence-electron chi connectivity index (χ1n) is 8.32. The van der Waals surface area contributed by atoms with Crippen LogP contribution in [0.2, 0.25) is 0 Å². The minimum absolute atomic E-state index is 0.319. The highest BCUT2D eigenvalue weighted by Crippen LogP contribution is 2.29. The summed E-state index contributed by atoms with van der Waals surface area (Å²) < 4.78 is 32.7. The summed E-state index contributed by atoms with van der Waals surface area (Å²) in [6.45, 7) is 0. The Balaban J connectivity index is 1.63. The third-order valence-electron chi connectivity index (χ3n) is 4.05. The number of furan rings is 1. The quantitative estimate of drug-likeness (QED) is 0.378. The monoisotopic (exact) mass is 390 g/mol. The molecule has 0 N–H and O–H groups in total. The van der Waals surface area contributed by atoms with Gasteiger partial charge in [-0.25, -0.2) is 13.8 Å². The lowest BCUT2D eigenvalue weighted by molar-refractivity contribution is 0.561. The van der Waals surface area contributed by atoms with E-state index in [9.17, 15) is 14.0 Å². The standard InChI is InChI=1S/C22H12F2N2OS/c23-16-7-5-14(6-8-16)20-13-28-22(26-20)15(12-25)11-17-9-10-21(27-17)18-3-1-2-4-19(18)24/h1-11,13H/b15-11+. The van der Waals surface area contributed by atoms with Crippen LogP contribution in [0.15, 0.2) is 70.5 Å². The van der Waals surface area contributed by atoms with Crippen LogP contribution in [-0.2, 0) is 0 Å². The van der Waals surface area contributed by atoms with Crippen LogP contribution in [0.3, 0.4) is 0 Å². The zero-order valence-corrected chi connectivity index (χ0v) is 15.2. The Morgan fingerprint density at radius 2 is 1.82 bits per heavy atom. The smallest absolute Gasteiger partial charge is 0.137 e. The van der Waals surface area contributed by atoms with Crippen molar-refractivity contribution in [1.29, 1.82) is 5.26 Å². The Labute approximate surface area is 163 Å². The van der Waals surface area contributed by atoms with Gasteiger partial charge < -0.3 is 4.42 Å².